The van der Waals surface area contributed by atoms with Gasteiger partial charge in [0.2, 0.25) is 5.71 Å². The Hall–Kier alpha value is -5.74. The molecular formula is C51H43IrN3O-2. The van der Waals surface area contributed by atoms with Crippen molar-refractivity contribution in [3.05, 3.63) is 174 Å². The predicted octanol–water partition coefficient (Wildman–Crippen LogP) is 13.4. The van der Waals surface area contributed by atoms with Gasteiger partial charge in [-0.2, -0.15) is 0 Å². The van der Waals surface area contributed by atoms with Crippen molar-refractivity contribution in [2.45, 2.75) is 53.9 Å². The zero-order valence-electron chi connectivity index (χ0n) is 32.8. The van der Waals surface area contributed by atoms with Gasteiger partial charge in [-0.15, -0.1) is 47.5 Å². The summed E-state index contributed by atoms with van der Waals surface area (Å²) in [5.41, 5.74) is 15.9. The molecule has 5 aromatic carbocycles. The molecule has 0 aliphatic rings. The number of hydrogen-bond acceptors (Lipinski definition) is 4. The van der Waals surface area contributed by atoms with Crippen LogP contribution in [0.3, 0.4) is 0 Å². The maximum Gasteiger partial charge on any atom is 0.216 e. The molecule has 0 aliphatic heterocycles. The molecule has 5 heteroatoms. The fraction of sp³-hybridized carbons (Fsp3) is 0.157. The summed E-state index contributed by atoms with van der Waals surface area (Å²) in [6.45, 7) is 15.0. The standard InChI is InChI=1S/C32H27N2O.C19H16N.Ir/c1-19-18-33-29(27-8-6-7-25-26-14-9-20(2)34-31(26)35-30(25)27)17-28(19)23-11-10-22-16-24(32(3,4)5)13-12-21(22)15-23;1-14-8-11-19(20-13-14)17-10-9-15(2)18(12-17)16-6-4-3-5-7-16;/h6-7,9-18H,1-5H3;3-9,11-13H,1-2H3;/q2*-1;. The Bertz CT molecular complexity index is 2830. The average molecular weight is 906 g/mol. The molecule has 4 heterocycles. The van der Waals surface area contributed by atoms with Gasteiger partial charge in [0, 0.05) is 43.6 Å². The number of rotatable bonds is 4. The van der Waals surface area contributed by atoms with E-state index in [1.807, 2.05) is 62.6 Å². The van der Waals surface area contributed by atoms with Gasteiger partial charge in [-0.1, -0.05) is 123 Å². The molecule has 0 atom stereocenters. The smallest absolute Gasteiger partial charge is 0.216 e. The van der Waals surface area contributed by atoms with Crippen LogP contribution in [0.4, 0.5) is 0 Å². The third-order valence-electron chi connectivity index (χ3n) is 10.2. The monoisotopic (exact) mass is 906 g/mol. The van der Waals surface area contributed by atoms with Crippen molar-refractivity contribution in [3.63, 3.8) is 0 Å². The first kappa shape index (κ1) is 38.5. The summed E-state index contributed by atoms with van der Waals surface area (Å²) in [7, 11) is 0. The van der Waals surface area contributed by atoms with E-state index in [0.29, 0.717) is 5.71 Å². The number of pyridine rings is 3. The van der Waals surface area contributed by atoms with Crippen LogP contribution in [0.5, 0.6) is 0 Å². The minimum atomic E-state index is 0. The fourth-order valence-corrected chi connectivity index (χ4v) is 7.02. The molecule has 4 aromatic heterocycles. The third kappa shape index (κ3) is 7.84. The summed E-state index contributed by atoms with van der Waals surface area (Å²) in [5, 5.41) is 4.54. The molecule has 1 radical (unpaired) electrons. The van der Waals surface area contributed by atoms with E-state index in [-0.39, 0.29) is 25.5 Å². The second-order valence-electron chi connectivity index (χ2n) is 15.4. The molecule has 0 spiro atoms. The molecule has 56 heavy (non-hydrogen) atoms. The van der Waals surface area contributed by atoms with Gasteiger partial charge >= 0.3 is 0 Å². The number of nitrogens with zero attached hydrogens (tertiary/aromatic N) is 3. The summed E-state index contributed by atoms with van der Waals surface area (Å²) in [6, 6.07) is 49.1. The second-order valence-corrected chi connectivity index (χ2v) is 15.4. The van der Waals surface area contributed by atoms with Gasteiger partial charge in [0.1, 0.15) is 0 Å². The van der Waals surface area contributed by atoms with Crippen molar-refractivity contribution in [1.82, 2.24) is 15.0 Å². The van der Waals surface area contributed by atoms with E-state index in [0.717, 1.165) is 55.7 Å². The Morgan fingerprint density at radius 3 is 2.12 bits per heavy atom. The van der Waals surface area contributed by atoms with Gasteiger partial charge in [-0.3, -0.25) is 0 Å². The van der Waals surface area contributed by atoms with E-state index in [1.165, 1.54) is 44.2 Å². The maximum absolute atomic E-state index is 6.21. The molecule has 0 aliphatic carbocycles. The summed E-state index contributed by atoms with van der Waals surface area (Å²) in [4.78, 5) is 13.8. The number of benzene rings is 5. The molecule has 9 rings (SSSR count). The number of hydrogen-bond donors (Lipinski definition) is 0. The fourth-order valence-electron chi connectivity index (χ4n) is 7.02. The van der Waals surface area contributed by atoms with E-state index in [1.54, 1.807) is 0 Å². The van der Waals surface area contributed by atoms with Gasteiger partial charge in [0.25, 0.3) is 0 Å². The number of fused-ring (bicyclic) bond motifs is 4. The van der Waals surface area contributed by atoms with Crippen LogP contribution in [0.2, 0.25) is 0 Å². The van der Waals surface area contributed by atoms with E-state index < -0.39 is 0 Å². The quantitative estimate of drug-likeness (QED) is 0.165. The summed E-state index contributed by atoms with van der Waals surface area (Å²) >= 11 is 0. The maximum atomic E-state index is 6.21. The first-order chi connectivity index (χ1) is 26.5. The topological polar surface area (TPSA) is 51.8 Å². The van der Waals surface area contributed by atoms with Gasteiger partial charge < -0.3 is 14.4 Å². The van der Waals surface area contributed by atoms with Crippen molar-refractivity contribution < 1.29 is 24.5 Å². The van der Waals surface area contributed by atoms with E-state index in [2.05, 4.69) is 142 Å². The molecule has 0 bridgehead atoms. The molecule has 0 saturated carbocycles. The second kappa shape index (κ2) is 15.8. The first-order valence-corrected chi connectivity index (χ1v) is 18.7. The zero-order valence-corrected chi connectivity index (χ0v) is 35.2. The van der Waals surface area contributed by atoms with E-state index >= 15 is 0 Å². The third-order valence-corrected chi connectivity index (χ3v) is 10.2. The summed E-state index contributed by atoms with van der Waals surface area (Å²) in [5.74, 6) is 0. The molecule has 0 amide bonds. The Balaban J connectivity index is 0.000000195. The Morgan fingerprint density at radius 2 is 1.36 bits per heavy atom. The molecular weight excluding hydrogens is 863 g/mol. The first-order valence-electron chi connectivity index (χ1n) is 18.7. The van der Waals surface area contributed by atoms with Crippen LogP contribution >= 0.6 is 0 Å². The van der Waals surface area contributed by atoms with Crippen LogP contribution in [-0.4, -0.2) is 15.0 Å². The van der Waals surface area contributed by atoms with Crippen LogP contribution < -0.4 is 0 Å². The zero-order chi connectivity index (χ0) is 38.3. The minimum Gasteiger partial charge on any atom is -0.486 e. The molecule has 0 unspecified atom stereocenters. The van der Waals surface area contributed by atoms with Crippen molar-refractivity contribution in [1.29, 1.82) is 0 Å². The molecule has 9 aromatic rings. The van der Waals surface area contributed by atoms with Crippen molar-refractivity contribution >= 4 is 32.8 Å². The SMILES string of the molecule is Cc1ccc(-c2[c-]cc(C)c(-c3ccccc3)c2)nc1.Cc1ccc2c(n1)oc1c(-c3cc(-c4ccc5cc(C(C)(C)C)ccc5c4)c(C)cn3)[c-]ccc12.[Ir]. The summed E-state index contributed by atoms with van der Waals surface area (Å²) < 4.78 is 6.21. The van der Waals surface area contributed by atoms with Crippen LogP contribution in [0.1, 0.15) is 48.7 Å². The van der Waals surface area contributed by atoms with Crippen LogP contribution in [0, 0.1) is 39.8 Å². The average Bonchev–Trinajstić information content (AvgIpc) is 3.56. The van der Waals surface area contributed by atoms with Gasteiger partial charge in [0.15, 0.2) is 0 Å². The van der Waals surface area contributed by atoms with Gasteiger partial charge in [-0.25, -0.2) is 4.98 Å². The number of furan rings is 1. The van der Waals surface area contributed by atoms with Crippen LogP contribution in [0.15, 0.2) is 138 Å². The van der Waals surface area contributed by atoms with Crippen molar-refractivity contribution in [2.75, 3.05) is 0 Å². The summed E-state index contributed by atoms with van der Waals surface area (Å²) in [6.07, 6.45) is 3.83. The number of aromatic nitrogens is 3. The van der Waals surface area contributed by atoms with Gasteiger partial charge in [0.05, 0.1) is 5.58 Å². The number of aryl methyl sites for hydroxylation is 4. The molecule has 4 nitrogen and oxygen atoms in total. The van der Waals surface area contributed by atoms with E-state index in [9.17, 15) is 0 Å². The van der Waals surface area contributed by atoms with Gasteiger partial charge in [-0.05, 0) is 99.9 Å². The Kier molecular flexibility index (Phi) is 10.9. The van der Waals surface area contributed by atoms with Crippen molar-refractivity contribution in [3.8, 4) is 44.8 Å². The minimum absolute atomic E-state index is 0. The van der Waals surface area contributed by atoms with Crippen LogP contribution in [-0.2, 0) is 25.5 Å². The molecule has 279 valence electrons. The molecule has 0 fully saturated rings. The Morgan fingerprint density at radius 1 is 0.607 bits per heavy atom. The normalized spacial score (nSPS) is 11.3. The Labute approximate surface area is 343 Å². The largest absolute Gasteiger partial charge is 0.486 e. The molecule has 0 N–H and O–H groups in total. The van der Waals surface area contributed by atoms with Crippen LogP contribution in [0.25, 0.3) is 77.6 Å². The predicted molar refractivity (Wildman–Crippen MR) is 228 cm³/mol. The molecule has 0 saturated heterocycles. The van der Waals surface area contributed by atoms with Crippen molar-refractivity contribution in [2.24, 2.45) is 0 Å². The van der Waals surface area contributed by atoms with E-state index in [4.69, 9.17) is 9.40 Å².